The molecular weight excluding hydrogens is 289 g/mol. The van der Waals surface area contributed by atoms with Gasteiger partial charge in [0.1, 0.15) is 5.82 Å². The lowest BCUT2D eigenvalue weighted by molar-refractivity contribution is 0.0692. The van der Waals surface area contributed by atoms with Crippen LogP contribution in [0.2, 0.25) is 0 Å². The quantitative estimate of drug-likeness (QED) is 0.543. The highest BCUT2D eigenvalue weighted by molar-refractivity contribution is 7.89. The molecule has 0 atom stereocenters. The van der Waals surface area contributed by atoms with Gasteiger partial charge >= 0.3 is 5.97 Å². The van der Waals surface area contributed by atoms with Crippen molar-refractivity contribution < 1.29 is 22.7 Å². The maximum atomic E-state index is 13.5. The van der Waals surface area contributed by atoms with Gasteiger partial charge in [0, 0.05) is 13.1 Å². The lowest BCUT2D eigenvalue weighted by Gasteiger charge is -2.11. The van der Waals surface area contributed by atoms with Crippen molar-refractivity contribution >= 4 is 27.4 Å². The first kappa shape index (κ1) is 16.2. The molecule has 1 aromatic rings. The monoisotopic (exact) mass is 305 g/mol. The summed E-state index contributed by atoms with van der Waals surface area (Å²) in [6.45, 7) is 1.96. The van der Waals surface area contributed by atoms with E-state index in [1.165, 1.54) is 0 Å². The van der Waals surface area contributed by atoms with E-state index < -0.39 is 27.4 Å². The van der Waals surface area contributed by atoms with Gasteiger partial charge in [-0.25, -0.2) is 22.3 Å². The molecule has 7 nitrogen and oxygen atoms in total. The Morgan fingerprint density at radius 3 is 2.65 bits per heavy atom. The Labute approximate surface area is 116 Å². The van der Waals surface area contributed by atoms with Crippen molar-refractivity contribution in [2.24, 2.45) is 0 Å². The minimum absolute atomic E-state index is 0.0192. The molecule has 1 rings (SSSR count). The molecule has 5 N–H and O–H groups in total. The van der Waals surface area contributed by atoms with Crippen LogP contribution in [0, 0.1) is 5.82 Å². The van der Waals surface area contributed by atoms with Gasteiger partial charge in [0.15, 0.2) is 0 Å². The lowest BCUT2D eigenvalue weighted by atomic mass is 10.1. The molecular formula is C11H16FN3O4S. The van der Waals surface area contributed by atoms with Gasteiger partial charge in [-0.2, -0.15) is 0 Å². The molecule has 1 aromatic carbocycles. The Morgan fingerprint density at radius 1 is 1.45 bits per heavy atom. The summed E-state index contributed by atoms with van der Waals surface area (Å²) in [6.07, 6.45) is 0. The fourth-order valence-electron chi connectivity index (χ4n) is 1.52. The SMILES string of the molecule is CCNS(=O)(=O)CCNc1cc(F)c(C(=O)O)cc1N. The van der Waals surface area contributed by atoms with Gasteiger partial charge in [-0.3, -0.25) is 0 Å². The second-order valence-electron chi connectivity index (χ2n) is 3.97. The number of carbonyl (C=O) groups is 1. The van der Waals surface area contributed by atoms with Crippen LogP contribution in [0.1, 0.15) is 17.3 Å². The molecule has 0 spiro atoms. The Balaban J connectivity index is 2.75. The average Bonchev–Trinajstić information content (AvgIpc) is 2.32. The van der Waals surface area contributed by atoms with Crippen molar-refractivity contribution in [3.63, 3.8) is 0 Å². The molecule has 0 saturated heterocycles. The Kier molecular flexibility index (Phi) is 5.28. The summed E-state index contributed by atoms with van der Waals surface area (Å²) in [5, 5.41) is 11.4. The number of anilines is 2. The number of nitrogens with two attached hydrogens (primary N) is 1. The number of halogens is 1. The van der Waals surface area contributed by atoms with Crippen LogP contribution in [0.15, 0.2) is 12.1 Å². The molecule has 9 heteroatoms. The summed E-state index contributed by atoms with van der Waals surface area (Å²) in [6, 6.07) is 1.91. The maximum Gasteiger partial charge on any atom is 0.338 e. The number of nitrogen functional groups attached to an aromatic ring is 1. The Hall–Kier alpha value is -1.87. The largest absolute Gasteiger partial charge is 0.478 e. The highest BCUT2D eigenvalue weighted by Crippen LogP contribution is 2.22. The fourth-order valence-corrected chi connectivity index (χ4v) is 2.47. The van der Waals surface area contributed by atoms with Crippen LogP contribution >= 0.6 is 0 Å². The summed E-state index contributed by atoms with van der Waals surface area (Å²) < 4.78 is 38.5. The minimum atomic E-state index is -3.39. The summed E-state index contributed by atoms with van der Waals surface area (Å²) in [7, 11) is -3.39. The molecule has 112 valence electrons. The van der Waals surface area contributed by atoms with Crippen molar-refractivity contribution in [1.29, 1.82) is 0 Å². The van der Waals surface area contributed by atoms with Crippen LogP contribution < -0.4 is 15.8 Å². The van der Waals surface area contributed by atoms with Crippen molar-refractivity contribution in [2.45, 2.75) is 6.92 Å². The van der Waals surface area contributed by atoms with Crippen molar-refractivity contribution in [3.8, 4) is 0 Å². The predicted molar refractivity (Wildman–Crippen MR) is 73.7 cm³/mol. The van der Waals surface area contributed by atoms with Gasteiger partial charge in [0.25, 0.3) is 0 Å². The third kappa shape index (κ3) is 4.35. The van der Waals surface area contributed by atoms with E-state index in [-0.39, 0.29) is 30.2 Å². The van der Waals surface area contributed by atoms with Gasteiger partial charge in [0.2, 0.25) is 10.0 Å². The van der Waals surface area contributed by atoms with Crippen molar-refractivity contribution in [3.05, 3.63) is 23.5 Å². The van der Waals surface area contributed by atoms with E-state index in [4.69, 9.17) is 10.8 Å². The first-order chi connectivity index (χ1) is 9.26. The minimum Gasteiger partial charge on any atom is -0.478 e. The molecule has 0 bridgehead atoms. The fraction of sp³-hybridized carbons (Fsp3) is 0.364. The van der Waals surface area contributed by atoms with Gasteiger partial charge in [-0.05, 0) is 12.1 Å². The molecule has 0 aliphatic carbocycles. The number of hydrogen-bond donors (Lipinski definition) is 4. The smallest absolute Gasteiger partial charge is 0.338 e. The van der Waals surface area contributed by atoms with E-state index in [1.807, 2.05) is 0 Å². The van der Waals surface area contributed by atoms with Crippen LogP contribution in [0.5, 0.6) is 0 Å². The van der Waals surface area contributed by atoms with Gasteiger partial charge < -0.3 is 16.2 Å². The van der Waals surface area contributed by atoms with Crippen LogP contribution in [-0.2, 0) is 10.0 Å². The molecule has 0 unspecified atom stereocenters. The van der Waals surface area contributed by atoms with Crippen LogP contribution in [0.25, 0.3) is 0 Å². The zero-order valence-electron chi connectivity index (χ0n) is 10.8. The van der Waals surface area contributed by atoms with E-state index >= 15 is 0 Å². The lowest BCUT2D eigenvalue weighted by Crippen LogP contribution is -2.29. The molecule has 0 saturated carbocycles. The summed E-state index contributed by atoms with van der Waals surface area (Å²) in [5.41, 5.74) is 5.23. The first-order valence-corrected chi connectivity index (χ1v) is 7.45. The summed E-state index contributed by atoms with van der Waals surface area (Å²) in [5.74, 6) is -2.57. The number of sulfonamides is 1. The molecule has 0 fully saturated rings. The number of aromatic carboxylic acids is 1. The van der Waals surface area contributed by atoms with Crippen molar-refractivity contribution in [2.75, 3.05) is 29.9 Å². The number of rotatable bonds is 7. The topological polar surface area (TPSA) is 122 Å². The zero-order valence-corrected chi connectivity index (χ0v) is 11.6. The normalized spacial score (nSPS) is 11.3. The molecule has 20 heavy (non-hydrogen) atoms. The highest BCUT2D eigenvalue weighted by atomic mass is 32.2. The molecule has 0 aliphatic heterocycles. The molecule has 0 amide bonds. The third-order valence-electron chi connectivity index (χ3n) is 2.42. The first-order valence-electron chi connectivity index (χ1n) is 5.80. The number of nitrogens with one attached hydrogen (secondary N) is 2. The second-order valence-corrected chi connectivity index (χ2v) is 5.89. The summed E-state index contributed by atoms with van der Waals surface area (Å²) >= 11 is 0. The second kappa shape index (κ2) is 6.53. The van der Waals surface area contributed by atoms with E-state index in [0.717, 1.165) is 12.1 Å². The predicted octanol–water partition coefficient (Wildman–Crippen LogP) is 0.457. The molecule has 0 heterocycles. The number of hydrogen-bond acceptors (Lipinski definition) is 5. The Morgan fingerprint density at radius 2 is 2.10 bits per heavy atom. The van der Waals surface area contributed by atoms with Crippen LogP contribution in [0.3, 0.4) is 0 Å². The highest BCUT2D eigenvalue weighted by Gasteiger charge is 2.14. The van der Waals surface area contributed by atoms with Gasteiger partial charge in [-0.15, -0.1) is 0 Å². The van der Waals surface area contributed by atoms with Crippen LogP contribution in [0.4, 0.5) is 15.8 Å². The molecule has 0 aromatic heterocycles. The Bertz CT molecular complexity index is 604. The number of carboxylic acid groups (broad SMARTS) is 1. The van der Waals surface area contributed by atoms with E-state index in [0.29, 0.717) is 0 Å². The van der Waals surface area contributed by atoms with E-state index in [9.17, 15) is 17.6 Å². The maximum absolute atomic E-state index is 13.5. The van der Waals surface area contributed by atoms with Crippen LogP contribution in [-0.4, -0.2) is 38.3 Å². The standard InChI is InChI=1S/C11H16FN3O4S/c1-2-15-20(18,19)4-3-14-10-6-8(12)7(11(16)17)5-9(10)13/h5-6,14-15H,2-4,13H2,1H3,(H,16,17). The van der Waals surface area contributed by atoms with Gasteiger partial charge in [0.05, 0.1) is 22.7 Å². The third-order valence-corrected chi connectivity index (χ3v) is 3.89. The number of benzene rings is 1. The number of carboxylic acids is 1. The van der Waals surface area contributed by atoms with E-state index in [2.05, 4.69) is 10.0 Å². The van der Waals surface area contributed by atoms with Crippen molar-refractivity contribution in [1.82, 2.24) is 4.72 Å². The van der Waals surface area contributed by atoms with E-state index in [1.54, 1.807) is 6.92 Å². The summed E-state index contributed by atoms with van der Waals surface area (Å²) in [4.78, 5) is 10.7. The van der Waals surface area contributed by atoms with Gasteiger partial charge in [-0.1, -0.05) is 6.92 Å². The average molecular weight is 305 g/mol. The molecule has 0 radical (unpaired) electrons. The zero-order chi connectivity index (χ0) is 15.3. The molecule has 0 aliphatic rings.